The number of hydrogen-bond donors (Lipinski definition) is 0. The summed E-state index contributed by atoms with van der Waals surface area (Å²) >= 11 is 0. The van der Waals surface area contributed by atoms with E-state index in [0.29, 0.717) is 12.2 Å². The highest BCUT2D eigenvalue weighted by Crippen LogP contribution is 2.10. The molecule has 0 saturated heterocycles. The molecular formula is C7H12FN3O2S. The van der Waals surface area contributed by atoms with Gasteiger partial charge in [-0.05, 0) is 6.42 Å². The molecule has 1 rings (SSSR count). The Kier molecular flexibility index (Phi) is 3.20. The lowest BCUT2D eigenvalue weighted by atomic mass is 10.2. The molecule has 0 aliphatic heterocycles. The maximum absolute atomic E-state index is 12.6. The number of aromatic nitrogens is 3. The quantitative estimate of drug-likeness (QED) is 0.706. The molecule has 1 aromatic rings. The highest BCUT2D eigenvalue weighted by molar-refractivity contribution is 7.86. The van der Waals surface area contributed by atoms with Crippen molar-refractivity contribution in [2.45, 2.75) is 31.3 Å². The van der Waals surface area contributed by atoms with Crippen LogP contribution in [0.15, 0.2) is 5.16 Å². The predicted molar refractivity (Wildman–Crippen MR) is 47.9 cm³/mol. The number of halogens is 1. The van der Waals surface area contributed by atoms with Crippen LogP contribution >= 0.6 is 0 Å². The molecule has 0 bridgehead atoms. The molecule has 5 nitrogen and oxygen atoms in total. The smallest absolute Gasteiger partial charge is 0.303 e. The van der Waals surface area contributed by atoms with Crippen LogP contribution in [0.5, 0.6) is 0 Å². The number of nitrogens with zero attached hydrogens (tertiary/aromatic N) is 3. The van der Waals surface area contributed by atoms with Gasteiger partial charge in [0.2, 0.25) is 0 Å². The number of rotatable bonds is 4. The maximum Gasteiger partial charge on any atom is 0.368 e. The molecule has 0 atom stereocenters. The van der Waals surface area contributed by atoms with E-state index in [9.17, 15) is 12.3 Å². The van der Waals surface area contributed by atoms with Gasteiger partial charge in [-0.15, -0.1) is 10.2 Å². The molecule has 0 aromatic carbocycles. The van der Waals surface area contributed by atoms with Gasteiger partial charge in [0, 0.05) is 13.5 Å². The molecule has 0 amide bonds. The lowest BCUT2D eigenvalue weighted by Crippen LogP contribution is -2.05. The van der Waals surface area contributed by atoms with Crippen LogP contribution in [0.3, 0.4) is 0 Å². The van der Waals surface area contributed by atoms with Crippen LogP contribution < -0.4 is 0 Å². The molecule has 0 spiro atoms. The predicted octanol–water partition coefficient (Wildman–Crippen LogP) is 0.816. The third-order valence-corrected chi connectivity index (χ3v) is 2.69. The van der Waals surface area contributed by atoms with Crippen molar-refractivity contribution in [3.05, 3.63) is 5.82 Å². The van der Waals surface area contributed by atoms with Crippen molar-refractivity contribution in [3.8, 4) is 0 Å². The van der Waals surface area contributed by atoms with E-state index in [-0.39, 0.29) is 0 Å². The molecule has 0 radical (unpaired) electrons. The van der Waals surface area contributed by atoms with Crippen molar-refractivity contribution in [3.63, 3.8) is 0 Å². The lowest BCUT2D eigenvalue weighted by molar-refractivity contribution is 0.531. The van der Waals surface area contributed by atoms with E-state index in [1.54, 1.807) is 0 Å². The van der Waals surface area contributed by atoms with Gasteiger partial charge in [-0.2, -0.15) is 8.42 Å². The molecule has 0 unspecified atom stereocenters. The maximum atomic E-state index is 12.6. The molecule has 7 heteroatoms. The van der Waals surface area contributed by atoms with Crippen molar-refractivity contribution < 1.29 is 12.3 Å². The summed E-state index contributed by atoms with van der Waals surface area (Å²) in [5, 5.41) is 6.28. The summed E-state index contributed by atoms with van der Waals surface area (Å²) < 4.78 is 34.8. The van der Waals surface area contributed by atoms with Gasteiger partial charge < -0.3 is 4.57 Å². The Morgan fingerprint density at radius 3 is 2.50 bits per heavy atom. The van der Waals surface area contributed by atoms with Gasteiger partial charge in [0.25, 0.3) is 5.16 Å². The summed E-state index contributed by atoms with van der Waals surface area (Å²) in [4.78, 5) is 0. The monoisotopic (exact) mass is 221 g/mol. The van der Waals surface area contributed by atoms with E-state index < -0.39 is 15.4 Å². The Balaban J connectivity index is 2.97. The minimum Gasteiger partial charge on any atom is -0.303 e. The Labute approximate surface area is 82.2 Å². The molecule has 1 heterocycles. The first-order chi connectivity index (χ1) is 6.46. The summed E-state index contributed by atoms with van der Waals surface area (Å²) in [7, 11) is -3.31. The second-order valence-corrected chi connectivity index (χ2v) is 4.24. The second-order valence-electron chi connectivity index (χ2n) is 3.00. The molecule has 80 valence electrons. The van der Waals surface area contributed by atoms with Crippen LogP contribution in [0.2, 0.25) is 0 Å². The van der Waals surface area contributed by atoms with Crippen LogP contribution in [-0.4, -0.2) is 23.2 Å². The van der Waals surface area contributed by atoms with Crippen molar-refractivity contribution in [2.24, 2.45) is 7.05 Å². The summed E-state index contributed by atoms with van der Waals surface area (Å²) in [6.07, 6.45) is 2.44. The Hall–Kier alpha value is -0.980. The van der Waals surface area contributed by atoms with E-state index >= 15 is 0 Å². The fourth-order valence-electron chi connectivity index (χ4n) is 1.11. The Bertz CT molecular complexity index is 413. The third-order valence-electron chi connectivity index (χ3n) is 1.90. The molecular weight excluding hydrogens is 209 g/mol. The van der Waals surface area contributed by atoms with Gasteiger partial charge in [-0.1, -0.05) is 17.2 Å². The van der Waals surface area contributed by atoms with Crippen LogP contribution in [0.1, 0.15) is 25.6 Å². The molecule has 14 heavy (non-hydrogen) atoms. The van der Waals surface area contributed by atoms with Crippen molar-refractivity contribution in [2.75, 3.05) is 0 Å². The average molecular weight is 221 g/mol. The summed E-state index contributed by atoms with van der Waals surface area (Å²) in [5.41, 5.74) is 0. The van der Waals surface area contributed by atoms with Gasteiger partial charge in [0.1, 0.15) is 5.82 Å². The van der Waals surface area contributed by atoms with Crippen molar-refractivity contribution >= 4 is 10.2 Å². The van der Waals surface area contributed by atoms with E-state index in [1.165, 1.54) is 11.6 Å². The zero-order chi connectivity index (χ0) is 10.8. The fourth-order valence-corrected chi connectivity index (χ4v) is 1.68. The van der Waals surface area contributed by atoms with Gasteiger partial charge in [-0.3, -0.25) is 0 Å². The van der Waals surface area contributed by atoms with Gasteiger partial charge in [0.05, 0.1) is 0 Å². The van der Waals surface area contributed by atoms with Crippen LogP contribution in [0, 0.1) is 0 Å². The standard InChI is InChI=1S/C7H12FN3O2S/c1-3-4-5-6-9-10-7(11(6)2)14(8,12)13/h3-5H2,1-2H3. The van der Waals surface area contributed by atoms with E-state index in [4.69, 9.17) is 0 Å². The second kappa shape index (κ2) is 4.04. The molecule has 0 N–H and O–H groups in total. The summed E-state index contributed by atoms with van der Waals surface area (Å²) in [6.45, 7) is 2.00. The first kappa shape index (κ1) is 11.1. The normalized spacial score (nSPS) is 11.9. The van der Waals surface area contributed by atoms with Crippen molar-refractivity contribution in [1.29, 1.82) is 0 Å². The lowest BCUT2D eigenvalue weighted by Gasteiger charge is -1.99. The largest absolute Gasteiger partial charge is 0.368 e. The molecule has 0 fully saturated rings. The fraction of sp³-hybridized carbons (Fsp3) is 0.714. The summed E-state index contributed by atoms with van der Waals surface area (Å²) in [5.74, 6) is 0.489. The van der Waals surface area contributed by atoms with Crippen LogP contribution in [0.25, 0.3) is 0 Å². The summed E-state index contributed by atoms with van der Waals surface area (Å²) in [6, 6.07) is 0. The van der Waals surface area contributed by atoms with E-state index in [2.05, 4.69) is 10.2 Å². The Morgan fingerprint density at radius 1 is 1.43 bits per heavy atom. The highest BCUT2D eigenvalue weighted by atomic mass is 32.3. The highest BCUT2D eigenvalue weighted by Gasteiger charge is 2.21. The van der Waals surface area contributed by atoms with Crippen LogP contribution in [-0.2, 0) is 23.7 Å². The minimum atomic E-state index is -4.75. The SMILES string of the molecule is CCCCc1nnc(S(=O)(=O)F)n1C. The van der Waals surface area contributed by atoms with Crippen LogP contribution in [0.4, 0.5) is 3.89 Å². The minimum absolute atomic E-state index is 0.489. The Morgan fingerprint density at radius 2 is 2.07 bits per heavy atom. The van der Waals surface area contributed by atoms with E-state index in [0.717, 1.165) is 12.8 Å². The topological polar surface area (TPSA) is 64.8 Å². The molecule has 0 aliphatic rings. The molecule has 0 aliphatic carbocycles. The third kappa shape index (κ3) is 2.28. The average Bonchev–Trinajstić information content (AvgIpc) is 2.42. The van der Waals surface area contributed by atoms with Gasteiger partial charge >= 0.3 is 10.2 Å². The van der Waals surface area contributed by atoms with Gasteiger partial charge in [0.15, 0.2) is 0 Å². The number of hydrogen-bond acceptors (Lipinski definition) is 4. The first-order valence-corrected chi connectivity index (χ1v) is 5.68. The number of aryl methyl sites for hydroxylation is 1. The molecule has 0 saturated carbocycles. The van der Waals surface area contributed by atoms with Crippen molar-refractivity contribution in [1.82, 2.24) is 14.8 Å². The first-order valence-electron chi connectivity index (χ1n) is 4.29. The van der Waals surface area contributed by atoms with E-state index in [1.807, 2.05) is 6.92 Å². The van der Waals surface area contributed by atoms with Gasteiger partial charge in [-0.25, -0.2) is 0 Å². The number of unbranched alkanes of at least 4 members (excludes halogenated alkanes) is 1. The zero-order valence-electron chi connectivity index (χ0n) is 8.07. The molecule has 1 aromatic heterocycles. The zero-order valence-corrected chi connectivity index (χ0v) is 8.88.